The van der Waals surface area contributed by atoms with Crippen LogP contribution in [0.15, 0.2) is 24.3 Å². The van der Waals surface area contributed by atoms with Crippen molar-refractivity contribution in [1.82, 2.24) is 10.3 Å². The van der Waals surface area contributed by atoms with Crippen molar-refractivity contribution in [1.29, 1.82) is 0 Å². The highest BCUT2D eigenvalue weighted by molar-refractivity contribution is 7.13. The van der Waals surface area contributed by atoms with Gasteiger partial charge in [0.05, 0.1) is 17.2 Å². The zero-order valence-electron chi connectivity index (χ0n) is 14.7. The second kappa shape index (κ2) is 7.15. The summed E-state index contributed by atoms with van der Waals surface area (Å²) in [6.45, 7) is 3.45. The number of carboxylic acid groups (broad SMARTS) is 1. The normalized spacial score (nSPS) is 16.6. The number of carbonyl (C=O) groups is 2. The minimum atomic E-state index is -1.01. The molecule has 2 aromatic rings. The van der Waals surface area contributed by atoms with Gasteiger partial charge in [-0.25, -0.2) is 14.2 Å². The highest BCUT2D eigenvalue weighted by Crippen LogP contribution is 2.44. The van der Waals surface area contributed by atoms with Gasteiger partial charge in [-0.1, -0.05) is 18.6 Å². The third-order valence-electron chi connectivity index (χ3n) is 4.95. The monoisotopic (exact) mass is 376 g/mol. The van der Waals surface area contributed by atoms with E-state index in [-0.39, 0.29) is 22.6 Å². The van der Waals surface area contributed by atoms with E-state index in [0.717, 1.165) is 36.2 Å². The Morgan fingerprint density at radius 1 is 1.42 bits per heavy atom. The van der Waals surface area contributed by atoms with E-state index in [4.69, 9.17) is 5.11 Å². The molecule has 0 saturated heterocycles. The molecule has 138 valence electrons. The Bertz CT molecular complexity index is 845. The molecule has 1 unspecified atom stereocenters. The summed E-state index contributed by atoms with van der Waals surface area (Å²) in [7, 11) is 0. The minimum absolute atomic E-state index is 0.0785. The van der Waals surface area contributed by atoms with E-state index in [9.17, 15) is 14.0 Å². The number of halogens is 1. The van der Waals surface area contributed by atoms with E-state index < -0.39 is 11.4 Å². The smallest absolute Gasteiger partial charge is 0.347 e. The third kappa shape index (κ3) is 3.62. The molecule has 26 heavy (non-hydrogen) atoms. The fraction of sp³-hybridized carbons (Fsp3) is 0.421. The number of aromatic carboxylic acids is 1. The summed E-state index contributed by atoms with van der Waals surface area (Å²) in [5.74, 6) is -1.39. The minimum Gasteiger partial charge on any atom is -0.477 e. The van der Waals surface area contributed by atoms with E-state index >= 15 is 0 Å². The van der Waals surface area contributed by atoms with Crippen LogP contribution in [-0.4, -0.2) is 22.0 Å². The molecule has 1 fully saturated rings. The Kier molecular flexibility index (Phi) is 5.09. The lowest BCUT2D eigenvalue weighted by Crippen LogP contribution is -2.47. The molecular weight excluding hydrogens is 355 g/mol. The quantitative estimate of drug-likeness (QED) is 0.802. The number of thiazole rings is 1. The van der Waals surface area contributed by atoms with Gasteiger partial charge in [0.15, 0.2) is 0 Å². The molecule has 2 N–H and O–H groups in total. The molecule has 1 heterocycles. The van der Waals surface area contributed by atoms with E-state index in [2.05, 4.69) is 10.3 Å². The van der Waals surface area contributed by atoms with E-state index in [1.807, 2.05) is 6.07 Å². The van der Waals surface area contributed by atoms with Crippen LogP contribution >= 0.6 is 11.3 Å². The standard InChI is InChI=1S/C19H21FN2O3S/c1-11-15(17(23)24)26-16(21-11)12(2)22-18(25)19(7-4-8-19)10-13-5-3-6-14(20)9-13/h3,5-6,9,12H,4,7-8,10H2,1-2H3,(H,22,25)(H,23,24). The molecule has 1 aromatic heterocycles. The number of carbonyl (C=O) groups excluding carboxylic acids is 1. The van der Waals surface area contributed by atoms with E-state index in [0.29, 0.717) is 17.1 Å². The zero-order valence-corrected chi connectivity index (χ0v) is 15.5. The number of amides is 1. The molecule has 0 bridgehead atoms. The Balaban J connectivity index is 1.73. The summed E-state index contributed by atoms with van der Waals surface area (Å²) in [5.41, 5.74) is 0.742. The molecule has 1 aliphatic carbocycles. The second-order valence-corrected chi connectivity index (χ2v) is 7.94. The van der Waals surface area contributed by atoms with Crippen LogP contribution in [0.5, 0.6) is 0 Å². The molecule has 7 heteroatoms. The number of benzene rings is 1. The number of aryl methyl sites for hydroxylation is 1. The van der Waals surface area contributed by atoms with Gasteiger partial charge in [0.1, 0.15) is 15.7 Å². The van der Waals surface area contributed by atoms with Crippen LogP contribution in [0, 0.1) is 18.2 Å². The number of hydrogen-bond donors (Lipinski definition) is 2. The van der Waals surface area contributed by atoms with Crippen molar-refractivity contribution in [2.45, 2.75) is 45.6 Å². The molecule has 1 aromatic carbocycles. The predicted molar refractivity (Wildman–Crippen MR) is 96.8 cm³/mol. The fourth-order valence-electron chi connectivity index (χ4n) is 3.34. The molecule has 0 spiro atoms. The summed E-state index contributed by atoms with van der Waals surface area (Å²) >= 11 is 1.08. The van der Waals surface area contributed by atoms with E-state index in [1.54, 1.807) is 19.9 Å². The first-order chi connectivity index (χ1) is 12.3. The lowest BCUT2D eigenvalue weighted by molar-refractivity contribution is -0.136. The van der Waals surface area contributed by atoms with Crippen LogP contribution < -0.4 is 5.32 Å². The lowest BCUT2D eigenvalue weighted by atomic mass is 9.64. The molecule has 1 amide bonds. The molecule has 0 aliphatic heterocycles. The summed E-state index contributed by atoms with van der Waals surface area (Å²) in [4.78, 5) is 28.6. The average molecular weight is 376 g/mol. The van der Waals surface area contributed by atoms with Gasteiger partial charge < -0.3 is 10.4 Å². The highest BCUT2D eigenvalue weighted by atomic mass is 32.1. The van der Waals surface area contributed by atoms with Crippen molar-refractivity contribution in [2.24, 2.45) is 5.41 Å². The van der Waals surface area contributed by atoms with Crippen LogP contribution in [0.3, 0.4) is 0 Å². The van der Waals surface area contributed by atoms with Gasteiger partial charge >= 0.3 is 5.97 Å². The van der Waals surface area contributed by atoms with Gasteiger partial charge in [-0.2, -0.15) is 0 Å². The zero-order chi connectivity index (χ0) is 18.9. The Morgan fingerprint density at radius 2 is 2.15 bits per heavy atom. The van der Waals surface area contributed by atoms with Crippen molar-refractivity contribution < 1.29 is 19.1 Å². The Hall–Kier alpha value is -2.28. The van der Waals surface area contributed by atoms with Gasteiger partial charge in [0, 0.05) is 0 Å². The van der Waals surface area contributed by atoms with Crippen LogP contribution in [0.4, 0.5) is 4.39 Å². The highest BCUT2D eigenvalue weighted by Gasteiger charge is 2.44. The summed E-state index contributed by atoms with van der Waals surface area (Å²) in [6, 6.07) is 5.99. The van der Waals surface area contributed by atoms with Crippen LogP contribution in [-0.2, 0) is 11.2 Å². The second-order valence-electron chi connectivity index (χ2n) is 6.91. The first kappa shape index (κ1) is 18.5. The maximum atomic E-state index is 13.4. The van der Waals surface area contributed by atoms with Crippen molar-refractivity contribution in [2.75, 3.05) is 0 Å². The molecule has 1 atom stereocenters. The SMILES string of the molecule is Cc1nc(C(C)NC(=O)C2(Cc3cccc(F)c3)CCC2)sc1C(=O)O. The fourth-order valence-corrected chi connectivity index (χ4v) is 4.25. The number of aromatic nitrogens is 1. The number of nitrogens with zero attached hydrogens (tertiary/aromatic N) is 1. The van der Waals surface area contributed by atoms with Gasteiger partial charge in [-0.05, 0) is 50.8 Å². The number of nitrogens with one attached hydrogen (secondary N) is 1. The Labute approximate surface area is 155 Å². The lowest BCUT2D eigenvalue weighted by Gasteiger charge is -2.41. The van der Waals surface area contributed by atoms with Gasteiger partial charge in [-0.15, -0.1) is 11.3 Å². The van der Waals surface area contributed by atoms with E-state index in [1.165, 1.54) is 12.1 Å². The predicted octanol–water partition coefficient (Wildman–Crippen LogP) is 3.88. The maximum absolute atomic E-state index is 13.4. The van der Waals surface area contributed by atoms with Crippen molar-refractivity contribution in [3.8, 4) is 0 Å². The number of hydrogen-bond acceptors (Lipinski definition) is 4. The first-order valence-corrected chi connectivity index (χ1v) is 9.38. The summed E-state index contributed by atoms with van der Waals surface area (Å²) in [6.07, 6.45) is 3.00. The maximum Gasteiger partial charge on any atom is 0.347 e. The summed E-state index contributed by atoms with van der Waals surface area (Å²) in [5, 5.41) is 12.7. The number of rotatable bonds is 6. The van der Waals surface area contributed by atoms with Crippen LogP contribution in [0.1, 0.15) is 58.2 Å². The van der Waals surface area contributed by atoms with Crippen molar-refractivity contribution in [3.05, 3.63) is 51.2 Å². The van der Waals surface area contributed by atoms with Gasteiger partial charge in [0.2, 0.25) is 5.91 Å². The Morgan fingerprint density at radius 3 is 2.69 bits per heavy atom. The van der Waals surface area contributed by atoms with Crippen molar-refractivity contribution >= 4 is 23.2 Å². The molecule has 5 nitrogen and oxygen atoms in total. The molecule has 1 aliphatic rings. The molecule has 0 radical (unpaired) electrons. The van der Waals surface area contributed by atoms with Gasteiger partial charge in [0.25, 0.3) is 0 Å². The largest absolute Gasteiger partial charge is 0.477 e. The average Bonchev–Trinajstić information content (AvgIpc) is 2.93. The van der Waals surface area contributed by atoms with Crippen LogP contribution in [0.2, 0.25) is 0 Å². The van der Waals surface area contributed by atoms with Crippen molar-refractivity contribution in [3.63, 3.8) is 0 Å². The summed E-state index contributed by atoms with van der Waals surface area (Å²) < 4.78 is 13.4. The molecule has 3 rings (SSSR count). The number of carboxylic acids is 1. The third-order valence-corrected chi connectivity index (χ3v) is 6.28. The van der Waals surface area contributed by atoms with Crippen LogP contribution in [0.25, 0.3) is 0 Å². The first-order valence-electron chi connectivity index (χ1n) is 8.57. The molecular formula is C19H21FN2O3S. The topological polar surface area (TPSA) is 79.3 Å². The van der Waals surface area contributed by atoms with Gasteiger partial charge in [-0.3, -0.25) is 4.79 Å². The molecule has 1 saturated carbocycles.